The number of rotatable bonds is 8. The zero-order valence-electron chi connectivity index (χ0n) is 18.1. The maximum atomic E-state index is 12.3. The summed E-state index contributed by atoms with van der Waals surface area (Å²) in [5.74, 6) is 1.65. The van der Waals surface area contributed by atoms with Crippen molar-refractivity contribution in [2.45, 2.75) is 109 Å². The number of unbranched alkanes of at least 4 members (excludes halogenated alkanes) is 3. The Bertz CT molecular complexity index is 602. The lowest BCUT2D eigenvalue weighted by Gasteiger charge is -2.37. The Morgan fingerprint density at radius 1 is 0.964 bits per heavy atom. The Kier molecular flexibility index (Phi) is 7.60. The van der Waals surface area contributed by atoms with E-state index in [1.807, 2.05) is 0 Å². The second-order valence-corrected chi connectivity index (χ2v) is 9.76. The first-order valence-electron chi connectivity index (χ1n) is 11.9. The maximum Gasteiger partial charge on any atom is 0.314 e. The third-order valence-electron chi connectivity index (χ3n) is 7.78. The standard InChI is InChI=1S/C26H40O2/c1-3-4-5-6-7-21-16-18-26(19-17-21,25(27)28)24-14-12-23(13-15-24)22-10-8-20(2)9-11-22/h12-15,20-22H,3-11,16-19H2,1-2H3,(H,27,28). The first-order valence-corrected chi connectivity index (χ1v) is 11.9. The van der Waals surface area contributed by atoms with Crippen LogP contribution in [0.5, 0.6) is 0 Å². The van der Waals surface area contributed by atoms with Crippen LogP contribution in [0.3, 0.4) is 0 Å². The summed E-state index contributed by atoms with van der Waals surface area (Å²) in [5, 5.41) is 10.1. The van der Waals surface area contributed by atoms with E-state index in [0.29, 0.717) is 5.92 Å². The van der Waals surface area contributed by atoms with Gasteiger partial charge in [0.15, 0.2) is 0 Å². The van der Waals surface area contributed by atoms with Crippen LogP contribution in [-0.2, 0) is 10.2 Å². The van der Waals surface area contributed by atoms with Gasteiger partial charge in [-0.3, -0.25) is 4.79 Å². The molecule has 28 heavy (non-hydrogen) atoms. The first-order chi connectivity index (χ1) is 13.5. The molecule has 0 saturated heterocycles. The molecule has 0 atom stereocenters. The molecule has 0 bridgehead atoms. The van der Waals surface area contributed by atoms with Crippen molar-refractivity contribution in [2.24, 2.45) is 11.8 Å². The van der Waals surface area contributed by atoms with Gasteiger partial charge in [-0.25, -0.2) is 0 Å². The van der Waals surface area contributed by atoms with E-state index >= 15 is 0 Å². The molecule has 1 aromatic carbocycles. The fourth-order valence-electron chi connectivity index (χ4n) is 5.61. The van der Waals surface area contributed by atoms with Crippen LogP contribution in [0.25, 0.3) is 0 Å². The summed E-state index contributed by atoms with van der Waals surface area (Å²) in [6, 6.07) is 8.75. The summed E-state index contributed by atoms with van der Waals surface area (Å²) < 4.78 is 0. The molecule has 2 saturated carbocycles. The molecule has 156 valence electrons. The minimum Gasteiger partial charge on any atom is -0.481 e. The average molecular weight is 385 g/mol. The van der Waals surface area contributed by atoms with E-state index in [-0.39, 0.29) is 0 Å². The topological polar surface area (TPSA) is 37.3 Å². The predicted octanol–water partition coefficient (Wildman–Crippen LogP) is 7.46. The lowest BCUT2D eigenvalue weighted by Crippen LogP contribution is -2.39. The van der Waals surface area contributed by atoms with Crippen molar-refractivity contribution in [1.82, 2.24) is 0 Å². The highest BCUT2D eigenvalue weighted by atomic mass is 16.4. The summed E-state index contributed by atoms with van der Waals surface area (Å²) in [7, 11) is 0. The van der Waals surface area contributed by atoms with E-state index in [4.69, 9.17) is 0 Å². The first kappa shape index (κ1) is 21.4. The minimum atomic E-state index is -0.653. The Labute approximate surface area is 172 Å². The fraction of sp³-hybridized carbons (Fsp3) is 0.731. The average Bonchev–Trinajstić information content (AvgIpc) is 2.72. The second-order valence-electron chi connectivity index (χ2n) is 9.76. The molecule has 2 nitrogen and oxygen atoms in total. The van der Waals surface area contributed by atoms with E-state index in [1.54, 1.807) is 0 Å². The Morgan fingerprint density at radius 3 is 2.18 bits per heavy atom. The summed E-state index contributed by atoms with van der Waals surface area (Å²) in [6.45, 7) is 4.61. The third-order valence-corrected chi connectivity index (χ3v) is 7.78. The lowest BCUT2D eigenvalue weighted by atomic mass is 9.65. The summed E-state index contributed by atoms with van der Waals surface area (Å²) in [4.78, 5) is 12.3. The fourth-order valence-corrected chi connectivity index (χ4v) is 5.61. The van der Waals surface area contributed by atoms with Crippen molar-refractivity contribution < 1.29 is 9.90 Å². The normalized spacial score (nSPS) is 30.9. The molecule has 0 radical (unpaired) electrons. The molecule has 2 aliphatic carbocycles. The van der Waals surface area contributed by atoms with Gasteiger partial charge in [0.2, 0.25) is 0 Å². The van der Waals surface area contributed by atoms with Crippen LogP contribution in [-0.4, -0.2) is 11.1 Å². The predicted molar refractivity (Wildman–Crippen MR) is 117 cm³/mol. The highest BCUT2D eigenvalue weighted by molar-refractivity contribution is 5.81. The molecule has 2 aliphatic rings. The molecule has 1 aromatic rings. The van der Waals surface area contributed by atoms with Crippen molar-refractivity contribution in [1.29, 1.82) is 0 Å². The van der Waals surface area contributed by atoms with Gasteiger partial charge in [-0.2, -0.15) is 0 Å². The van der Waals surface area contributed by atoms with Crippen molar-refractivity contribution in [3.05, 3.63) is 35.4 Å². The summed E-state index contributed by atoms with van der Waals surface area (Å²) in [5.41, 5.74) is 1.80. The van der Waals surface area contributed by atoms with Crippen LogP contribution >= 0.6 is 0 Å². The van der Waals surface area contributed by atoms with Crippen molar-refractivity contribution >= 4 is 5.97 Å². The van der Waals surface area contributed by atoms with Gasteiger partial charge >= 0.3 is 5.97 Å². The molecule has 0 spiro atoms. The molecule has 1 N–H and O–H groups in total. The Balaban J connectivity index is 1.62. The molecule has 0 unspecified atom stereocenters. The summed E-state index contributed by atoms with van der Waals surface area (Å²) >= 11 is 0. The zero-order valence-corrected chi connectivity index (χ0v) is 18.1. The Morgan fingerprint density at radius 2 is 1.61 bits per heavy atom. The molecule has 2 heteroatoms. The van der Waals surface area contributed by atoms with E-state index in [0.717, 1.165) is 43.1 Å². The van der Waals surface area contributed by atoms with E-state index in [2.05, 4.69) is 38.1 Å². The monoisotopic (exact) mass is 384 g/mol. The van der Waals surface area contributed by atoms with Crippen LogP contribution in [0.15, 0.2) is 24.3 Å². The van der Waals surface area contributed by atoms with Gasteiger partial charge in [-0.15, -0.1) is 0 Å². The van der Waals surface area contributed by atoms with Gasteiger partial charge in [0.05, 0.1) is 5.41 Å². The van der Waals surface area contributed by atoms with Crippen LogP contribution in [0.4, 0.5) is 0 Å². The Hall–Kier alpha value is -1.31. The van der Waals surface area contributed by atoms with E-state index < -0.39 is 11.4 Å². The number of carboxylic acids is 1. The molecular weight excluding hydrogens is 344 g/mol. The van der Waals surface area contributed by atoms with Crippen LogP contribution in [0.2, 0.25) is 0 Å². The van der Waals surface area contributed by atoms with Gasteiger partial charge in [0, 0.05) is 0 Å². The number of aliphatic carboxylic acids is 1. The number of hydrogen-bond donors (Lipinski definition) is 1. The molecule has 0 heterocycles. The van der Waals surface area contributed by atoms with Gasteiger partial charge < -0.3 is 5.11 Å². The van der Waals surface area contributed by atoms with Crippen molar-refractivity contribution in [3.8, 4) is 0 Å². The van der Waals surface area contributed by atoms with Crippen molar-refractivity contribution in [3.63, 3.8) is 0 Å². The molecule has 2 fully saturated rings. The quantitative estimate of drug-likeness (QED) is 0.472. The molecular formula is C26H40O2. The highest BCUT2D eigenvalue weighted by Crippen LogP contribution is 2.44. The molecule has 0 amide bonds. The van der Waals surface area contributed by atoms with E-state index in [9.17, 15) is 9.90 Å². The smallest absolute Gasteiger partial charge is 0.314 e. The molecule has 0 aromatic heterocycles. The van der Waals surface area contributed by atoms with Gasteiger partial charge in [-0.05, 0) is 67.4 Å². The zero-order chi connectivity index (χ0) is 20.0. The largest absolute Gasteiger partial charge is 0.481 e. The van der Waals surface area contributed by atoms with E-state index in [1.165, 1.54) is 63.4 Å². The number of benzene rings is 1. The lowest BCUT2D eigenvalue weighted by molar-refractivity contribution is -0.145. The van der Waals surface area contributed by atoms with Crippen LogP contribution in [0, 0.1) is 11.8 Å². The highest BCUT2D eigenvalue weighted by Gasteiger charge is 2.43. The number of carbonyl (C=O) groups is 1. The summed E-state index contributed by atoms with van der Waals surface area (Å²) in [6.07, 6.45) is 15.5. The van der Waals surface area contributed by atoms with Crippen LogP contribution < -0.4 is 0 Å². The minimum absolute atomic E-state index is 0.615. The van der Waals surface area contributed by atoms with Gasteiger partial charge in [0.25, 0.3) is 0 Å². The van der Waals surface area contributed by atoms with Crippen molar-refractivity contribution in [2.75, 3.05) is 0 Å². The maximum absolute atomic E-state index is 12.3. The number of carboxylic acid groups (broad SMARTS) is 1. The SMILES string of the molecule is CCCCCCC1CCC(C(=O)O)(c2ccc(C3CCC(C)CC3)cc2)CC1. The molecule has 3 rings (SSSR count). The molecule has 0 aliphatic heterocycles. The number of hydrogen-bond acceptors (Lipinski definition) is 1. The van der Waals surface area contributed by atoms with Crippen LogP contribution in [0.1, 0.15) is 114 Å². The third kappa shape index (κ3) is 4.99. The van der Waals surface area contributed by atoms with Gasteiger partial charge in [0.1, 0.15) is 0 Å². The van der Waals surface area contributed by atoms with Gasteiger partial charge in [-0.1, -0.05) is 83.1 Å². The second kappa shape index (κ2) is 9.94.